The second-order valence-electron chi connectivity index (χ2n) is 8.20. The zero-order valence-corrected chi connectivity index (χ0v) is 19.1. The van der Waals surface area contributed by atoms with E-state index in [1.807, 2.05) is 15.7 Å². The molecule has 1 saturated heterocycles. The van der Waals surface area contributed by atoms with E-state index in [1.54, 1.807) is 0 Å². The maximum absolute atomic E-state index is 13.3. The Morgan fingerprint density at radius 2 is 1.93 bits per heavy atom. The van der Waals surface area contributed by atoms with Gasteiger partial charge < -0.3 is 14.5 Å². The summed E-state index contributed by atoms with van der Waals surface area (Å²) in [4.78, 5) is 20.2. The van der Waals surface area contributed by atoms with Crippen molar-refractivity contribution >= 4 is 5.91 Å². The number of likely N-dealkylation sites (N-methyl/N-ethyl adjacent to an activating group) is 2. The quantitative estimate of drug-likeness (QED) is 0.546. The van der Waals surface area contributed by atoms with Crippen LogP contribution >= 0.6 is 0 Å². The van der Waals surface area contributed by atoms with Crippen molar-refractivity contribution in [2.45, 2.75) is 52.6 Å². The summed E-state index contributed by atoms with van der Waals surface area (Å²) >= 11 is 0. The smallest absolute Gasteiger partial charge is 0.274 e. The van der Waals surface area contributed by atoms with Crippen LogP contribution in [-0.2, 0) is 24.1 Å². The summed E-state index contributed by atoms with van der Waals surface area (Å²) in [6.45, 7) is 19.1. The Hall–Kier alpha value is -1.70. The van der Waals surface area contributed by atoms with Gasteiger partial charge in [0.1, 0.15) is 0 Å². The number of hydrogen-bond donors (Lipinski definition) is 0. The Kier molecular flexibility index (Phi) is 8.48. The van der Waals surface area contributed by atoms with Gasteiger partial charge in [-0.15, -0.1) is 6.58 Å². The summed E-state index contributed by atoms with van der Waals surface area (Å²) in [5, 5.41) is 4.76. The van der Waals surface area contributed by atoms with Crippen molar-refractivity contribution < 1.29 is 9.53 Å². The SMILES string of the molecule is C=CCn1nc(C(=O)N2CCOCC2)c2c1CC[C@@H](N(CC)CCN(CC)CC)C2. The zero-order valence-electron chi connectivity index (χ0n) is 19.1. The molecule has 0 radical (unpaired) electrons. The number of ether oxygens (including phenoxy) is 1. The number of carbonyl (C=O) groups excluding carboxylic acids is 1. The molecule has 3 rings (SSSR count). The minimum Gasteiger partial charge on any atom is -0.378 e. The number of nitrogens with zero attached hydrogens (tertiary/aromatic N) is 5. The van der Waals surface area contributed by atoms with E-state index in [-0.39, 0.29) is 5.91 Å². The van der Waals surface area contributed by atoms with Crippen LogP contribution in [0.4, 0.5) is 0 Å². The molecule has 1 aromatic heterocycles. The first-order chi connectivity index (χ1) is 14.6. The first kappa shape index (κ1) is 23.0. The van der Waals surface area contributed by atoms with Gasteiger partial charge >= 0.3 is 0 Å². The average Bonchev–Trinajstić information content (AvgIpc) is 3.15. The Morgan fingerprint density at radius 1 is 1.20 bits per heavy atom. The Bertz CT molecular complexity index is 707. The molecular formula is C23H39N5O2. The van der Waals surface area contributed by atoms with Gasteiger partial charge in [0.2, 0.25) is 0 Å². The van der Waals surface area contributed by atoms with Crippen molar-refractivity contribution in [1.82, 2.24) is 24.5 Å². The summed E-state index contributed by atoms with van der Waals surface area (Å²) in [6.07, 6.45) is 4.86. The van der Waals surface area contributed by atoms with Crippen LogP contribution in [0, 0.1) is 0 Å². The number of allylic oxidation sites excluding steroid dienone is 1. The van der Waals surface area contributed by atoms with Gasteiger partial charge in [-0.1, -0.05) is 26.8 Å². The van der Waals surface area contributed by atoms with E-state index < -0.39 is 0 Å². The Labute approximate surface area is 181 Å². The lowest BCUT2D eigenvalue weighted by Gasteiger charge is -2.35. The molecule has 0 N–H and O–H groups in total. The second-order valence-corrected chi connectivity index (χ2v) is 8.20. The summed E-state index contributed by atoms with van der Waals surface area (Å²) in [7, 11) is 0. The summed E-state index contributed by atoms with van der Waals surface area (Å²) in [5.41, 5.74) is 3.03. The van der Waals surface area contributed by atoms with Crippen LogP contribution in [0.3, 0.4) is 0 Å². The number of fused-ring (bicyclic) bond motifs is 1. The third-order valence-corrected chi connectivity index (χ3v) is 6.64. The average molecular weight is 418 g/mol. The van der Waals surface area contributed by atoms with Crippen LogP contribution < -0.4 is 0 Å². The zero-order chi connectivity index (χ0) is 21.5. The number of rotatable bonds is 10. The molecule has 0 bridgehead atoms. The monoisotopic (exact) mass is 417 g/mol. The Morgan fingerprint density at radius 3 is 2.57 bits per heavy atom. The summed E-state index contributed by atoms with van der Waals surface area (Å²) < 4.78 is 7.42. The highest BCUT2D eigenvalue weighted by molar-refractivity contribution is 5.94. The van der Waals surface area contributed by atoms with E-state index in [0.717, 1.165) is 57.5 Å². The number of amides is 1. The first-order valence-electron chi connectivity index (χ1n) is 11.7. The summed E-state index contributed by atoms with van der Waals surface area (Å²) in [5.74, 6) is 0.0594. The molecule has 2 aliphatic rings. The van der Waals surface area contributed by atoms with Gasteiger partial charge in [0.05, 0.1) is 19.8 Å². The fourth-order valence-corrected chi connectivity index (χ4v) is 4.75. The van der Waals surface area contributed by atoms with E-state index in [4.69, 9.17) is 9.84 Å². The highest BCUT2D eigenvalue weighted by atomic mass is 16.5. The third kappa shape index (κ3) is 5.13. The minimum absolute atomic E-state index is 0.0594. The molecule has 1 amide bonds. The molecule has 1 aliphatic carbocycles. The fourth-order valence-electron chi connectivity index (χ4n) is 4.75. The molecule has 168 valence electrons. The molecule has 30 heavy (non-hydrogen) atoms. The predicted molar refractivity (Wildman–Crippen MR) is 120 cm³/mol. The standard InChI is InChI=1S/C23H39N5O2/c1-5-11-28-21-10-9-19(26(8-4)13-12-25(6-2)7-3)18-20(21)22(24-28)23(29)27-14-16-30-17-15-27/h5,19H,1,6-18H2,2-4H3/t19-/m1/s1. The topological polar surface area (TPSA) is 53.8 Å². The molecule has 0 spiro atoms. The van der Waals surface area contributed by atoms with Gasteiger partial charge in [-0.05, 0) is 38.9 Å². The number of hydrogen-bond acceptors (Lipinski definition) is 5. The van der Waals surface area contributed by atoms with Crippen LogP contribution in [0.15, 0.2) is 12.7 Å². The van der Waals surface area contributed by atoms with Gasteiger partial charge in [0, 0.05) is 43.5 Å². The van der Waals surface area contributed by atoms with Crippen LogP contribution in [0.5, 0.6) is 0 Å². The van der Waals surface area contributed by atoms with E-state index in [2.05, 4.69) is 37.1 Å². The van der Waals surface area contributed by atoms with Gasteiger partial charge in [-0.2, -0.15) is 5.10 Å². The van der Waals surface area contributed by atoms with Crippen LogP contribution in [0.25, 0.3) is 0 Å². The predicted octanol–water partition coefficient (Wildman–Crippen LogP) is 2.06. The van der Waals surface area contributed by atoms with Crippen LogP contribution in [-0.4, -0.2) is 95.5 Å². The molecule has 1 fully saturated rings. The van der Waals surface area contributed by atoms with Crippen molar-refractivity contribution in [3.63, 3.8) is 0 Å². The molecule has 7 heteroatoms. The molecule has 1 aliphatic heterocycles. The largest absolute Gasteiger partial charge is 0.378 e. The lowest BCUT2D eigenvalue weighted by Crippen LogP contribution is -2.44. The minimum atomic E-state index is 0.0594. The van der Waals surface area contributed by atoms with Crippen molar-refractivity contribution in [3.05, 3.63) is 29.6 Å². The van der Waals surface area contributed by atoms with Crippen molar-refractivity contribution in [2.75, 3.05) is 59.0 Å². The summed E-state index contributed by atoms with van der Waals surface area (Å²) in [6, 6.07) is 0.468. The molecule has 0 saturated carbocycles. The van der Waals surface area contributed by atoms with E-state index in [9.17, 15) is 4.79 Å². The number of aromatic nitrogens is 2. The van der Waals surface area contributed by atoms with Crippen molar-refractivity contribution in [1.29, 1.82) is 0 Å². The first-order valence-corrected chi connectivity index (χ1v) is 11.7. The Balaban J connectivity index is 1.79. The van der Waals surface area contributed by atoms with Gasteiger partial charge in [0.25, 0.3) is 5.91 Å². The lowest BCUT2D eigenvalue weighted by molar-refractivity contribution is 0.0297. The van der Waals surface area contributed by atoms with Gasteiger partial charge in [0.15, 0.2) is 5.69 Å². The van der Waals surface area contributed by atoms with Crippen LogP contribution in [0.1, 0.15) is 48.9 Å². The fraction of sp³-hybridized carbons (Fsp3) is 0.739. The number of morpholine rings is 1. The highest BCUT2D eigenvalue weighted by Crippen LogP contribution is 2.28. The van der Waals surface area contributed by atoms with Crippen molar-refractivity contribution in [3.8, 4) is 0 Å². The van der Waals surface area contributed by atoms with Crippen molar-refractivity contribution in [2.24, 2.45) is 0 Å². The molecule has 7 nitrogen and oxygen atoms in total. The van der Waals surface area contributed by atoms with Crippen LogP contribution in [0.2, 0.25) is 0 Å². The molecular weight excluding hydrogens is 378 g/mol. The third-order valence-electron chi connectivity index (χ3n) is 6.64. The maximum atomic E-state index is 13.3. The van der Waals surface area contributed by atoms with Gasteiger partial charge in [-0.3, -0.25) is 14.4 Å². The van der Waals surface area contributed by atoms with E-state index in [0.29, 0.717) is 44.6 Å². The molecule has 1 atom stereocenters. The van der Waals surface area contributed by atoms with Gasteiger partial charge in [-0.25, -0.2) is 0 Å². The maximum Gasteiger partial charge on any atom is 0.274 e. The molecule has 2 heterocycles. The molecule has 0 unspecified atom stereocenters. The lowest BCUT2D eigenvalue weighted by atomic mass is 9.90. The molecule has 0 aromatic carbocycles. The highest BCUT2D eigenvalue weighted by Gasteiger charge is 2.33. The van der Waals surface area contributed by atoms with E-state index >= 15 is 0 Å². The number of carbonyl (C=O) groups is 1. The second kappa shape index (κ2) is 11.1. The normalized spacial score (nSPS) is 19.4. The van der Waals surface area contributed by atoms with E-state index in [1.165, 1.54) is 5.69 Å². The molecule has 1 aromatic rings.